The van der Waals surface area contributed by atoms with Gasteiger partial charge in [-0.05, 0) is 18.4 Å². The van der Waals surface area contributed by atoms with Crippen LogP contribution in [0.1, 0.15) is 13.3 Å². The number of rotatable bonds is 4. The molecular weight excluding hydrogens is 292 g/mol. The van der Waals surface area contributed by atoms with E-state index in [1.54, 1.807) is 11.8 Å². The summed E-state index contributed by atoms with van der Waals surface area (Å²) in [7, 11) is 0. The van der Waals surface area contributed by atoms with Gasteiger partial charge in [0.15, 0.2) is 0 Å². The molecule has 23 heavy (non-hydrogen) atoms. The normalized spacial score (nSPS) is 19.1. The van der Waals surface area contributed by atoms with E-state index in [1.165, 1.54) is 0 Å². The predicted molar refractivity (Wildman–Crippen MR) is 89.1 cm³/mol. The third-order valence-corrected chi connectivity index (χ3v) is 4.22. The first-order valence-electron chi connectivity index (χ1n) is 7.79. The van der Waals surface area contributed by atoms with E-state index in [9.17, 15) is 9.59 Å². The summed E-state index contributed by atoms with van der Waals surface area (Å²) >= 11 is 0. The Morgan fingerprint density at radius 3 is 2.83 bits per heavy atom. The van der Waals surface area contributed by atoms with Gasteiger partial charge in [0, 0.05) is 24.4 Å². The molecule has 0 radical (unpaired) electrons. The van der Waals surface area contributed by atoms with Crippen LogP contribution < -0.4 is 10.2 Å². The molecule has 2 aromatic carbocycles. The summed E-state index contributed by atoms with van der Waals surface area (Å²) in [6, 6.07) is 13.4. The van der Waals surface area contributed by atoms with Crippen LogP contribution in [0.5, 0.6) is 0 Å². The van der Waals surface area contributed by atoms with Gasteiger partial charge in [-0.1, -0.05) is 36.4 Å². The largest absolute Gasteiger partial charge is 0.394 e. The van der Waals surface area contributed by atoms with E-state index < -0.39 is 0 Å². The third kappa shape index (κ3) is 3.05. The van der Waals surface area contributed by atoms with Crippen molar-refractivity contribution < 1.29 is 14.7 Å². The highest BCUT2D eigenvalue weighted by molar-refractivity contribution is 6.06. The van der Waals surface area contributed by atoms with Crippen molar-refractivity contribution in [1.82, 2.24) is 5.32 Å². The number of carbonyl (C=O) groups excluding carboxylic acids is 2. The Morgan fingerprint density at radius 1 is 1.30 bits per heavy atom. The number of anilines is 1. The Hall–Kier alpha value is -2.40. The Bertz CT molecular complexity index is 739. The Labute approximate surface area is 134 Å². The van der Waals surface area contributed by atoms with Gasteiger partial charge in [-0.15, -0.1) is 0 Å². The topological polar surface area (TPSA) is 69.6 Å². The average Bonchev–Trinajstić information content (AvgIpc) is 2.96. The molecule has 1 heterocycles. The number of nitrogens with zero attached hydrogens (tertiary/aromatic N) is 1. The summed E-state index contributed by atoms with van der Waals surface area (Å²) < 4.78 is 0. The van der Waals surface area contributed by atoms with Crippen molar-refractivity contribution in [2.24, 2.45) is 5.92 Å². The number of amides is 2. The molecule has 0 bridgehead atoms. The molecule has 0 aromatic heterocycles. The van der Waals surface area contributed by atoms with Crippen LogP contribution >= 0.6 is 0 Å². The van der Waals surface area contributed by atoms with E-state index in [1.807, 2.05) is 42.5 Å². The zero-order chi connectivity index (χ0) is 16.4. The van der Waals surface area contributed by atoms with Crippen LogP contribution in [0.2, 0.25) is 0 Å². The minimum Gasteiger partial charge on any atom is -0.394 e. The van der Waals surface area contributed by atoms with Gasteiger partial charge in [-0.25, -0.2) is 0 Å². The van der Waals surface area contributed by atoms with Crippen molar-refractivity contribution in [1.29, 1.82) is 0 Å². The van der Waals surface area contributed by atoms with Crippen molar-refractivity contribution in [2.45, 2.75) is 19.4 Å². The van der Waals surface area contributed by atoms with Crippen LogP contribution in [0.3, 0.4) is 0 Å². The summed E-state index contributed by atoms with van der Waals surface area (Å²) in [5, 5.41) is 13.8. The van der Waals surface area contributed by atoms with E-state index in [-0.39, 0.29) is 36.8 Å². The number of aliphatic hydroxyl groups excluding tert-OH is 1. The van der Waals surface area contributed by atoms with Crippen LogP contribution in [0.15, 0.2) is 42.5 Å². The molecular formula is C18H20N2O3. The van der Waals surface area contributed by atoms with Crippen LogP contribution in [0.4, 0.5) is 5.69 Å². The molecule has 2 atom stereocenters. The van der Waals surface area contributed by atoms with Crippen LogP contribution in [0.25, 0.3) is 10.8 Å². The lowest BCUT2D eigenvalue weighted by Gasteiger charge is -2.19. The van der Waals surface area contributed by atoms with Gasteiger partial charge in [0.2, 0.25) is 11.8 Å². The highest BCUT2D eigenvalue weighted by atomic mass is 16.3. The second-order valence-corrected chi connectivity index (χ2v) is 6.00. The van der Waals surface area contributed by atoms with E-state index in [0.29, 0.717) is 6.54 Å². The van der Waals surface area contributed by atoms with E-state index in [4.69, 9.17) is 5.11 Å². The minimum atomic E-state index is -0.379. The fourth-order valence-corrected chi connectivity index (χ4v) is 2.97. The maximum atomic E-state index is 12.4. The first-order chi connectivity index (χ1) is 11.1. The molecule has 5 heteroatoms. The van der Waals surface area contributed by atoms with Crippen molar-refractivity contribution in [3.63, 3.8) is 0 Å². The molecule has 2 unspecified atom stereocenters. The first-order valence-corrected chi connectivity index (χ1v) is 7.79. The zero-order valence-corrected chi connectivity index (χ0v) is 13.0. The molecule has 0 spiro atoms. The maximum Gasteiger partial charge on any atom is 0.227 e. The summed E-state index contributed by atoms with van der Waals surface area (Å²) in [5.41, 5.74) is 0.846. The van der Waals surface area contributed by atoms with Gasteiger partial charge in [-0.2, -0.15) is 0 Å². The van der Waals surface area contributed by atoms with Gasteiger partial charge in [0.05, 0.1) is 18.2 Å². The smallest absolute Gasteiger partial charge is 0.227 e. The van der Waals surface area contributed by atoms with Gasteiger partial charge in [0.25, 0.3) is 0 Å². The van der Waals surface area contributed by atoms with Crippen molar-refractivity contribution in [2.75, 3.05) is 18.1 Å². The molecule has 1 fully saturated rings. The molecule has 2 aromatic rings. The summed E-state index contributed by atoms with van der Waals surface area (Å²) in [6.45, 7) is 1.99. The summed E-state index contributed by atoms with van der Waals surface area (Å²) in [6.07, 6.45) is 0.202. The molecule has 5 nitrogen and oxygen atoms in total. The Balaban J connectivity index is 1.84. The highest BCUT2D eigenvalue weighted by Gasteiger charge is 2.35. The van der Waals surface area contributed by atoms with Crippen molar-refractivity contribution in [3.8, 4) is 0 Å². The van der Waals surface area contributed by atoms with Crippen molar-refractivity contribution >= 4 is 28.3 Å². The van der Waals surface area contributed by atoms with E-state index in [0.717, 1.165) is 16.5 Å². The van der Waals surface area contributed by atoms with Gasteiger partial charge in [0.1, 0.15) is 0 Å². The van der Waals surface area contributed by atoms with Crippen LogP contribution in [-0.4, -0.2) is 36.1 Å². The van der Waals surface area contributed by atoms with Crippen molar-refractivity contribution in [3.05, 3.63) is 42.5 Å². The first kappa shape index (κ1) is 15.5. The fraction of sp³-hybridized carbons (Fsp3) is 0.333. The quantitative estimate of drug-likeness (QED) is 0.902. The number of carbonyl (C=O) groups is 2. The Kier molecular flexibility index (Phi) is 4.30. The molecule has 1 aliphatic rings. The number of fused-ring (bicyclic) bond motifs is 1. The summed E-state index contributed by atoms with van der Waals surface area (Å²) in [5.74, 6) is -0.601. The van der Waals surface area contributed by atoms with E-state index in [2.05, 4.69) is 5.32 Å². The van der Waals surface area contributed by atoms with Crippen LogP contribution in [0, 0.1) is 5.92 Å². The fourth-order valence-electron chi connectivity index (χ4n) is 2.97. The molecule has 3 rings (SSSR count). The number of aliphatic hydroxyl groups is 1. The highest BCUT2D eigenvalue weighted by Crippen LogP contribution is 2.31. The second-order valence-electron chi connectivity index (χ2n) is 6.00. The van der Waals surface area contributed by atoms with E-state index >= 15 is 0 Å². The van der Waals surface area contributed by atoms with Gasteiger partial charge < -0.3 is 15.3 Å². The monoisotopic (exact) mass is 312 g/mol. The lowest BCUT2D eigenvalue weighted by atomic mass is 10.1. The number of hydrogen-bond acceptors (Lipinski definition) is 3. The molecule has 2 amide bonds. The van der Waals surface area contributed by atoms with Gasteiger partial charge in [-0.3, -0.25) is 9.59 Å². The lowest BCUT2D eigenvalue weighted by molar-refractivity contribution is -0.127. The Morgan fingerprint density at radius 2 is 2.04 bits per heavy atom. The number of benzene rings is 2. The van der Waals surface area contributed by atoms with Gasteiger partial charge >= 0.3 is 0 Å². The maximum absolute atomic E-state index is 12.4. The minimum absolute atomic E-state index is 0.0434. The lowest BCUT2D eigenvalue weighted by Crippen LogP contribution is -2.40. The predicted octanol–water partition coefficient (Wildman–Crippen LogP) is 1.69. The molecule has 0 aliphatic carbocycles. The molecule has 0 saturated carbocycles. The average molecular weight is 312 g/mol. The molecule has 1 saturated heterocycles. The molecule has 1 aliphatic heterocycles. The third-order valence-electron chi connectivity index (χ3n) is 4.22. The number of hydrogen-bond donors (Lipinski definition) is 2. The zero-order valence-electron chi connectivity index (χ0n) is 13.0. The van der Waals surface area contributed by atoms with Crippen LogP contribution in [-0.2, 0) is 9.59 Å². The molecule has 2 N–H and O–H groups in total. The standard InChI is InChI=1S/C18H20N2O3/c1-12(11-21)19-18(23)14-9-17(22)20(10-14)16-8-4-6-13-5-2-3-7-15(13)16/h2-8,12,14,21H,9-11H2,1H3,(H,19,23). The number of nitrogens with one attached hydrogen (secondary N) is 1. The second kappa shape index (κ2) is 6.38. The SMILES string of the molecule is CC(CO)NC(=O)C1CC(=O)N(c2cccc3ccccc23)C1. The molecule has 120 valence electrons. The summed E-state index contributed by atoms with van der Waals surface area (Å²) in [4.78, 5) is 26.3.